The van der Waals surface area contributed by atoms with Gasteiger partial charge in [-0.1, -0.05) is 0 Å². The van der Waals surface area contributed by atoms with E-state index in [1.165, 1.54) is 5.56 Å². The molecule has 1 amide bonds. The van der Waals surface area contributed by atoms with Crippen molar-refractivity contribution in [3.05, 3.63) is 23.4 Å². The van der Waals surface area contributed by atoms with Crippen molar-refractivity contribution in [1.29, 1.82) is 0 Å². The first-order valence-corrected chi connectivity index (χ1v) is 10.2. The number of anilines is 1. The van der Waals surface area contributed by atoms with Crippen molar-refractivity contribution in [3.8, 4) is 0 Å². The molecule has 26 heavy (non-hydrogen) atoms. The van der Waals surface area contributed by atoms with E-state index >= 15 is 0 Å². The normalized spacial score (nSPS) is 32.5. The molecule has 1 spiro atoms. The third kappa shape index (κ3) is 3.22. The van der Waals surface area contributed by atoms with E-state index in [4.69, 9.17) is 4.98 Å². The van der Waals surface area contributed by atoms with Gasteiger partial charge >= 0.3 is 0 Å². The minimum Gasteiger partial charge on any atom is -0.393 e. The van der Waals surface area contributed by atoms with Crippen LogP contribution in [-0.2, 0) is 4.79 Å². The number of piperidine rings is 1. The maximum Gasteiger partial charge on any atom is 0.230 e. The van der Waals surface area contributed by atoms with Crippen LogP contribution in [0.3, 0.4) is 0 Å². The van der Waals surface area contributed by atoms with E-state index in [9.17, 15) is 9.90 Å². The number of likely N-dealkylation sites (tertiary alicyclic amines) is 1. The highest BCUT2D eigenvalue weighted by atomic mass is 16.3. The van der Waals surface area contributed by atoms with Gasteiger partial charge in [-0.05, 0) is 76.5 Å². The fraction of sp³-hybridized carbons (Fsp3) is 0.714. The number of pyridine rings is 1. The highest BCUT2D eigenvalue weighted by molar-refractivity contribution is 5.86. The number of carbonyl (C=O) groups excluding carboxylic acids is 1. The molecule has 1 aromatic rings. The number of aryl methyl sites for hydroxylation is 2. The number of hydrogen-bond acceptors (Lipinski definition) is 4. The number of amides is 1. The summed E-state index contributed by atoms with van der Waals surface area (Å²) >= 11 is 0. The molecule has 1 aromatic heterocycles. The van der Waals surface area contributed by atoms with Crippen molar-refractivity contribution in [2.24, 2.45) is 5.41 Å². The number of aliphatic hydroxyl groups is 1. The molecule has 1 N–H and O–H groups in total. The van der Waals surface area contributed by atoms with Crippen LogP contribution in [0, 0.1) is 19.3 Å². The Morgan fingerprint density at radius 2 is 1.88 bits per heavy atom. The molecule has 3 aliphatic rings. The van der Waals surface area contributed by atoms with Crippen LogP contribution in [0.4, 0.5) is 5.82 Å². The summed E-state index contributed by atoms with van der Waals surface area (Å²) in [6, 6.07) is 4.58. The topological polar surface area (TPSA) is 56.7 Å². The summed E-state index contributed by atoms with van der Waals surface area (Å²) in [4.78, 5) is 22.6. The Balaban J connectivity index is 1.50. The number of aromatic nitrogens is 1. The number of nitrogens with zero attached hydrogens (tertiary/aromatic N) is 3. The molecule has 5 heteroatoms. The van der Waals surface area contributed by atoms with Gasteiger partial charge in [-0.25, -0.2) is 4.98 Å². The fourth-order valence-corrected chi connectivity index (χ4v) is 5.25. The quantitative estimate of drug-likeness (QED) is 0.884. The van der Waals surface area contributed by atoms with E-state index in [2.05, 4.69) is 28.9 Å². The van der Waals surface area contributed by atoms with Gasteiger partial charge in [0.05, 0.1) is 11.5 Å². The number of aliphatic hydroxyl groups excluding tert-OH is 1. The molecule has 1 aliphatic carbocycles. The highest BCUT2D eigenvalue weighted by Gasteiger charge is 2.50. The number of hydrogen-bond donors (Lipinski definition) is 1. The minimum absolute atomic E-state index is 0.168. The molecular weight excluding hydrogens is 326 g/mol. The highest BCUT2D eigenvalue weighted by Crippen LogP contribution is 2.43. The van der Waals surface area contributed by atoms with E-state index in [-0.39, 0.29) is 11.5 Å². The van der Waals surface area contributed by atoms with Gasteiger partial charge in [0.25, 0.3) is 0 Å². The van der Waals surface area contributed by atoms with Crippen LogP contribution in [0.2, 0.25) is 0 Å². The first-order valence-electron chi connectivity index (χ1n) is 10.2. The Bertz CT molecular complexity index is 664. The third-order valence-electron chi connectivity index (χ3n) is 6.64. The predicted molar refractivity (Wildman–Crippen MR) is 102 cm³/mol. The fourth-order valence-electron chi connectivity index (χ4n) is 5.25. The van der Waals surface area contributed by atoms with Gasteiger partial charge in [0.1, 0.15) is 5.82 Å². The summed E-state index contributed by atoms with van der Waals surface area (Å²) in [6.07, 6.45) is 6.42. The molecule has 4 rings (SSSR count). The largest absolute Gasteiger partial charge is 0.393 e. The van der Waals surface area contributed by atoms with Crippen LogP contribution in [-0.4, -0.2) is 52.7 Å². The average Bonchev–Trinajstić information content (AvgIpc) is 2.91. The zero-order valence-corrected chi connectivity index (χ0v) is 16.1. The second-order valence-electron chi connectivity index (χ2n) is 8.66. The molecule has 1 unspecified atom stereocenters. The molecule has 0 bridgehead atoms. The Morgan fingerprint density at radius 1 is 1.12 bits per heavy atom. The van der Waals surface area contributed by atoms with E-state index in [0.29, 0.717) is 11.9 Å². The molecule has 2 saturated heterocycles. The zero-order valence-electron chi connectivity index (χ0n) is 16.1. The van der Waals surface area contributed by atoms with Crippen molar-refractivity contribution in [2.45, 2.75) is 70.9 Å². The van der Waals surface area contributed by atoms with Gasteiger partial charge in [-0.2, -0.15) is 0 Å². The van der Waals surface area contributed by atoms with E-state index in [0.717, 1.165) is 76.1 Å². The summed E-state index contributed by atoms with van der Waals surface area (Å²) in [5.74, 6) is 1.38. The smallest absolute Gasteiger partial charge is 0.230 e. The van der Waals surface area contributed by atoms with Crippen LogP contribution >= 0.6 is 0 Å². The molecule has 1 atom stereocenters. The SMILES string of the molecule is Cc1cc(C)nc(N2CCCC3(CCN([C@H]4CC[C@H](O)CC4)C3=O)C2)c1. The van der Waals surface area contributed by atoms with Crippen molar-refractivity contribution in [1.82, 2.24) is 9.88 Å². The molecule has 2 aliphatic heterocycles. The summed E-state index contributed by atoms with van der Waals surface area (Å²) < 4.78 is 0. The van der Waals surface area contributed by atoms with Gasteiger partial charge in [0.15, 0.2) is 0 Å². The molecule has 3 fully saturated rings. The maximum absolute atomic E-state index is 13.4. The second kappa shape index (κ2) is 6.84. The van der Waals surface area contributed by atoms with Crippen molar-refractivity contribution in [3.63, 3.8) is 0 Å². The Morgan fingerprint density at radius 3 is 2.62 bits per heavy atom. The van der Waals surface area contributed by atoms with Crippen LogP contribution < -0.4 is 4.90 Å². The van der Waals surface area contributed by atoms with Crippen molar-refractivity contribution in [2.75, 3.05) is 24.5 Å². The third-order valence-corrected chi connectivity index (χ3v) is 6.64. The Hall–Kier alpha value is -1.62. The minimum atomic E-state index is -0.229. The van der Waals surface area contributed by atoms with Gasteiger partial charge in [-0.3, -0.25) is 4.79 Å². The summed E-state index contributed by atoms with van der Waals surface area (Å²) in [5, 5.41) is 9.77. The van der Waals surface area contributed by atoms with E-state index < -0.39 is 0 Å². The molecule has 0 radical (unpaired) electrons. The molecule has 5 nitrogen and oxygen atoms in total. The van der Waals surface area contributed by atoms with Crippen LogP contribution in [0.25, 0.3) is 0 Å². The maximum atomic E-state index is 13.4. The Labute approximate surface area is 156 Å². The second-order valence-corrected chi connectivity index (χ2v) is 8.66. The first-order chi connectivity index (χ1) is 12.5. The lowest BCUT2D eigenvalue weighted by Crippen LogP contribution is -2.50. The molecular formula is C21H31N3O2. The van der Waals surface area contributed by atoms with E-state index in [1.807, 2.05) is 6.92 Å². The lowest BCUT2D eigenvalue weighted by Gasteiger charge is -2.41. The molecule has 1 saturated carbocycles. The summed E-state index contributed by atoms with van der Waals surface area (Å²) in [6.45, 7) is 6.82. The molecule has 142 valence electrons. The van der Waals surface area contributed by atoms with Crippen molar-refractivity contribution >= 4 is 11.7 Å². The van der Waals surface area contributed by atoms with Crippen LogP contribution in [0.1, 0.15) is 56.2 Å². The number of rotatable bonds is 2. The van der Waals surface area contributed by atoms with Crippen LogP contribution in [0.15, 0.2) is 12.1 Å². The lowest BCUT2D eigenvalue weighted by atomic mass is 9.78. The summed E-state index contributed by atoms with van der Waals surface area (Å²) in [7, 11) is 0. The zero-order chi connectivity index (χ0) is 18.3. The van der Waals surface area contributed by atoms with Gasteiger partial charge in [-0.15, -0.1) is 0 Å². The van der Waals surface area contributed by atoms with Crippen LogP contribution in [0.5, 0.6) is 0 Å². The lowest BCUT2D eigenvalue weighted by molar-refractivity contribution is -0.139. The average molecular weight is 357 g/mol. The molecule has 3 heterocycles. The van der Waals surface area contributed by atoms with Gasteiger partial charge < -0.3 is 14.9 Å². The number of carbonyl (C=O) groups is 1. The first kappa shape index (κ1) is 17.8. The van der Waals surface area contributed by atoms with Crippen molar-refractivity contribution < 1.29 is 9.90 Å². The standard InChI is InChI=1S/C21H31N3O2/c1-15-12-16(2)22-19(13-15)23-10-3-8-21(14-23)9-11-24(20(21)26)17-4-6-18(25)7-5-17/h12-13,17-18,25H,3-11,14H2,1-2H3/t17-,18-,21?. The van der Waals surface area contributed by atoms with Gasteiger partial charge in [0, 0.05) is 31.4 Å². The molecule has 0 aromatic carbocycles. The predicted octanol–water partition coefficient (Wildman–Crippen LogP) is 2.82. The summed E-state index contributed by atoms with van der Waals surface area (Å²) in [5.41, 5.74) is 2.04. The van der Waals surface area contributed by atoms with E-state index in [1.54, 1.807) is 0 Å². The Kier molecular flexibility index (Phi) is 4.68. The monoisotopic (exact) mass is 357 g/mol. The van der Waals surface area contributed by atoms with Gasteiger partial charge in [0.2, 0.25) is 5.91 Å².